The zero-order valence-corrected chi connectivity index (χ0v) is 8.16. The van der Waals surface area contributed by atoms with Crippen LogP contribution < -0.4 is 11.5 Å². The highest BCUT2D eigenvalue weighted by Gasteiger charge is 2.14. The first-order valence-corrected chi connectivity index (χ1v) is 4.41. The number of hydrogen-bond donors (Lipinski definition) is 3. The Balaban J connectivity index is 2.87. The van der Waals surface area contributed by atoms with Gasteiger partial charge in [0.15, 0.2) is 0 Å². The molecule has 0 spiro atoms. The molecular formula is C9H11ClN2O2. The van der Waals surface area contributed by atoms with Gasteiger partial charge in [0.1, 0.15) is 6.04 Å². The molecule has 0 heterocycles. The maximum Gasteiger partial charge on any atom is 0.320 e. The van der Waals surface area contributed by atoms with E-state index in [1.54, 1.807) is 18.2 Å². The van der Waals surface area contributed by atoms with Crippen molar-refractivity contribution >= 4 is 23.3 Å². The van der Waals surface area contributed by atoms with Crippen molar-refractivity contribution in [3.05, 3.63) is 28.8 Å². The summed E-state index contributed by atoms with van der Waals surface area (Å²) in [5, 5.41) is 9.02. The molecule has 0 radical (unpaired) electrons. The number of carboxylic acid groups (broad SMARTS) is 1. The summed E-state index contributed by atoms with van der Waals surface area (Å²) in [4.78, 5) is 10.5. The van der Waals surface area contributed by atoms with Crippen LogP contribution in [0.5, 0.6) is 0 Å². The summed E-state index contributed by atoms with van der Waals surface area (Å²) in [6.07, 6.45) is 0.182. The number of aliphatic carboxylic acids is 1. The maximum absolute atomic E-state index is 10.5. The number of rotatable bonds is 3. The maximum atomic E-state index is 10.5. The van der Waals surface area contributed by atoms with Gasteiger partial charge in [-0.05, 0) is 11.6 Å². The molecule has 0 amide bonds. The van der Waals surface area contributed by atoms with Crippen LogP contribution in [0.3, 0.4) is 0 Å². The van der Waals surface area contributed by atoms with E-state index in [2.05, 4.69) is 0 Å². The van der Waals surface area contributed by atoms with Crippen molar-refractivity contribution in [3.8, 4) is 0 Å². The first-order chi connectivity index (χ1) is 6.52. The van der Waals surface area contributed by atoms with Gasteiger partial charge in [0.25, 0.3) is 0 Å². The van der Waals surface area contributed by atoms with Crippen LogP contribution in [-0.2, 0) is 11.2 Å². The predicted octanol–water partition coefficient (Wildman–Crippen LogP) is 0.877. The number of hydrogen-bond acceptors (Lipinski definition) is 3. The lowest BCUT2D eigenvalue weighted by atomic mass is 10.1. The van der Waals surface area contributed by atoms with Crippen LogP contribution in [0.4, 0.5) is 5.69 Å². The van der Waals surface area contributed by atoms with Crippen molar-refractivity contribution < 1.29 is 9.90 Å². The van der Waals surface area contributed by atoms with Crippen molar-refractivity contribution in [2.45, 2.75) is 12.5 Å². The van der Waals surface area contributed by atoms with Crippen LogP contribution in [-0.4, -0.2) is 17.1 Å². The Labute approximate surface area is 86.5 Å². The van der Waals surface area contributed by atoms with Gasteiger partial charge < -0.3 is 16.6 Å². The molecule has 1 rings (SSSR count). The largest absolute Gasteiger partial charge is 0.480 e. The van der Waals surface area contributed by atoms with Gasteiger partial charge in [-0.1, -0.05) is 23.7 Å². The molecule has 5 N–H and O–H groups in total. The summed E-state index contributed by atoms with van der Waals surface area (Å²) in [6.45, 7) is 0. The number of anilines is 1. The second-order valence-corrected chi connectivity index (χ2v) is 3.37. The lowest BCUT2D eigenvalue weighted by Gasteiger charge is -2.09. The van der Waals surface area contributed by atoms with Gasteiger partial charge in [-0.25, -0.2) is 0 Å². The Bertz CT molecular complexity index is 355. The zero-order valence-electron chi connectivity index (χ0n) is 7.40. The number of carbonyl (C=O) groups is 1. The van der Waals surface area contributed by atoms with Gasteiger partial charge in [0, 0.05) is 6.42 Å². The minimum atomic E-state index is -1.05. The van der Waals surface area contributed by atoms with Crippen molar-refractivity contribution in [2.24, 2.45) is 5.73 Å². The van der Waals surface area contributed by atoms with Crippen LogP contribution in [0.1, 0.15) is 5.56 Å². The van der Waals surface area contributed by atoms with E-state index in [1.807, 2.05) is 0 Å². The Hall–Kier alpha value is -1.26. The summed E-state index contributed by atoms with van der Waals surface area (Å²) in [6, 6.07) is 4.12. The molecule has 0 aliphatic heterocycles. The molecule has 0 bridgehead atoms. The Morgan fingerprint density at radius 1 is 1.57 bits per heavy atom. The highest BCUT2D eigenvalue weighted by atomic mass is 35.5. The third-order valence-corrected chi connectivity index (χ3v) is 2.23. The molecule has 0 aromatic heterocycles. The van der Waals surface area contributed by atoms with Crippen LogP contribution >= 0.6 is 11.6 Å². The SMILES string of the molecule is Nc1c(Cl)cccc1C[C@H](N)C(=O)O. The minimum absolute atomic E-state index is 0.182. The Morgan fingerprint density at radius 3 is 2.79 bits per heavy atom. The van der Waals surface area contributed by atoms with E-state index in [0.29, 0.717) is 16.3 Å². The molecule has 0 aliphatic rings. The van der Waals surface area contributed by atoms with E-state index in [-0.39, 0.29) is 6.42 Å². The van der Waals surface area contributed by atoms with E-state index in [1.165, 1.54) is 0 Å². The quantitative estimate of drug-likeness (QED) is 0.652. The molecule has 76 valence electrons. The molecular weight excluding hydrogens is 204 g/mol. The van der Waals surface area contributed by atoms with Crippen LogP contribution in [0.15, 0.2) is 18.2 Å². The molecule has 4 nitrogen and oxygen atoms in total. The van der Waals surface area contributed by atoms with Gasteiger partial charge >= 0.3 is 5.97 Å². The average molecular weight is 215 g/mol. The molecule has 1 aromatic carbocycles. The molecule has 0 unspecified atom stereocenters. The van der Waals surface area contributed by atoms with Gasteiger partial charge in [-0.3, -0.25) is 4.79 Å². The van der Waals surface area contributed by atoms with E-state index in [9.17, 15) is 4.79 Å². The molecule has 0 saturated heterocycles. The fraction of sp³-hybridized carbons (Fsp3) is 0.222. The van der Waals surface area contributed by atoms with Gasteiger partial charge in [-0.2, -0.15) is 0 Å². The van der Waals surface area contributed by atoms with Crippen molar-refractivity contribution in [3.63, 3.8) is 0 Å². The fourth-order valence-electron chi connectivity index (χ4n) is 1.08. The minimum Gasteiger partial charge on any atom is -0.480 e. The van der Waals surface area contributed by atoms with Crippen molar-refractivity contribution in [1.29, 1.82) is 0 Å². The van der Waals surface area contributed by atoms with E-state index in [0.717, 1.165) is 0 Å². The lowest BCUT2D eigenvalue weighted by molar-refractivity contribution is -0.138. The number of nitrogen functional groups attached to an aromatic ring is 1. The number of para-hydroxylation sites is 1. The molecule has 1 aromatic rings. The third kappa shape index (κ3) is 2.37. The Kier molecular flexibility index (Phi) is 3.33. The molecule has 5 heteroatoms. The van der Waals surface area contributed by atoms with E-state index >= 15 is 0 Å². The van der Waals surface area contributed by atoms with Crippen LogP contribution in [0.25, 0.3) is 0 Å². The number of carboxylic acids is 1. The predicted molar refractivity (Wildman–Crippen MR) is 55.2 cm³/mol. The highest BCUT2D eigenvalue weighted by Crippen LogP contribution is 2.23. The molecule has 1 atom stereocenters. The van der Waals surface area contributed by atoms with Crippen molar-refractivity contribution in [2.75, 3.05) is 5.73 Å². The average Bonchev–Trinajstić information content (AvgIpc) is 2.12. The van der Waals surface area contributed by atoms with E-state index < -0.39 is 12.0 Å². The summed E-state index contributed by atoms with van der Waals surface area (Å²) >= 11 is 5.76. The summed E-state index contributed by atoms with van der Waals surface area (Å²) < 4.78 is 0. The third-order valence-electron chi connectivity index (χ3n) is 1.90. The summed E-state index contributed by atoms with van der Waals surface area (Å²) in [7, 11) is 0. The van der Waals surface area contributed by atoms with Gasteiger partial charge in [-0.15, -0.1) is 0 Å². The smallest absolute Gasteiger partial charge is 0.320 e. The Morgan fingerprint density at radius 2 is 2.21 bits per heavy atom. The molecule has 0 aliphatic carbocycles. The first kappa shape index (κ1) is 10.8. The highest BCUT2D eigenvalue weighted by molar-refractivity contribution is 6.33. The molecule has 0 fully saturated rings. The molecule has 14 heavy (non-hydrogen) atoms. The van der Waals surface area contributed by atoms with Crippen LogP contribution in [0.2, 0.25) is 5.02 Å². The molecule has 0 saturated carbocycles. The van der Waals surface area contributed by atoms with Gasteiger partial charge in [0.05, 0.1) is 10.7 Å². The number of benzene rings is 1. The second-order valence-electron chi connectivity index (χ2n) is 2.96. The topological polar surface area (TPSA) is 89.3 Å². The monoisotopic (exact) mass is 214 g/mol. The summed E-state index contributed by atoms with van der Waals surface area (Å²) in [5.74, 6) is -1.05. The summed E-state index contributed by atoms with van der Waals surface area (Å²) in [5.41, 5.74) is 12.1. The fourth-order valence-corrected chi connectivity index (χ4v) is 1.28. The normalized spacial score (nSPS) is 12.4. The number of nitrogens with two attached hydrogens (primary N) is 2. The van der Waals surface area contributed by atoms with E-state index in [4.69, 9.17) is 28.2 Å². The number of halogens is 1. The van der Waals surface area contributed by atoms with Crippen molar-refractivity contribution in [1.82, 2.24) is 0 Å². The lowest BCUT2D eigenvalue weighted by Crippen LogP contribution is -2.32. The standard InChI is InChI=1S/C9H11ClN2O2/c10-6-3-1-2-5(8(6)12)4-7(11)9(13)14/h1-3,7H,4,11-12H2,(H,13,14)/t7-/m0/s1. The first-order valence-electron chi connectivity index (χ1n) is 4.03. The van der Waals surface area contributed by atoms with Gasteiger partial charge in [0.2, 0.25) is 0 Å². The second kappa shape index (κ2) is 4.30. The van der Waals surface area contributed by atoms with Crippen LogP contribution in [0, 0.1) is 0 Å². The zero-order chi connectivity index (χ0) is 10.7.